The van der Waals surface area contributed by atoms with Crippen molar-refractivity contribution < 1.29 is 0 Å². The molecule has 0 aliphatic heterocycles. The fraction of sp³-hybridized carbons (Fsp3) is 0.200. The first-order valence-corrected chi connectivity index (χ1v) is 8.59. The zero-order valence-corrected chi connectivity index (χ0v) is 14.6. The van der Waals surface area contributed by atoms with Crippen LogP contribution >= 0.6 is 11.3 Å². The molecule has 2 nitrogen and oxygen atoms in total. The zero-order valence-electron chi connectivity index (χ0n) is 13.8. The quantitative estimate of drug-likeness (QED) is 0.447. The number of nitrogens with zero attached hydrogens (tertiary/aromatic N) is 2. The molecule has 3 heteroatoms. The second-order valence-electron chi connectivity index (χ2n) is 6.22. The van der Waals surface area contributed by atoms with Crippen molar-refractivity contribution in [3.05, 3.63) is 59.0 Å². The molecule has 114 valence electrons. The third kappa shape index (κ3) is 2.41. The second-order valence-corrected chi connectivity index (χ2v) is 7.28. The Morgan fingerprint density at radius 2 is 1.52 bits per heavy atom. The van der Waals surface area contributed by atoms with Crippen molar-refractivity contribution in [1.29, 1.82) is 0 Å². The van der Waals surface area contributed by atoms with E-state index in [2.05, 4.69) is 62.2 Å². The molecule has 0 atom stereocenters. The molecule has 2 aromatic heterocycles. The standard InChI is InChI=1S/C20H18N2S/c1-11-7-12(2)9-16(8-11)15-5-6-18-17(10-15)19-20(23-18)13(3)21-14(4)22-19/h5-10H,1-4H3. The van der Waals surface area contributed by atoms with E-state index in [-0.39, 0.29) is 0 Å². The second kappa shape index (κ2) is 5.14. The smallest absolute Gasteiger partial charge is 0.126 e. The number of aryl methyl sites for hydroxylation is 4. The van der Waals surface area contributed by atoms with Gasteiger partial charge < -0.3 is 0 Å². The van der Waals surface area contributed by atoms with Gasteiger partial charge in [-0.3, -0.25) is 0 Å². The van der Waals surface area contributed by atoms with Gasteiger partial charge in [-0.05, 0) is 51.0 Å². The SMILES string of the molecule is Cc1cc(C)cc(-c2ccc3sc4c(C)nc(C)nc4c3c2)c1. The predicted octanol–water partition coefficient (Wildman–Crippen LogP) is 5.75. The molecule has 23 heavy (non-hydrogen) atoms. The van der Waals surface area contributed by atoms with Crippen molar-refractivity contribution in [2.75, 3.05) is 0 Å². The Bertz CT molecular complexity index is 1040. The lowest BCUT2D eigenvalue weighted by Gasteiger charge is -2.06. The number of fused-ring (bicyclic) bond motifs is 3. The van der Waals surface area contributed by atoms with Gasteiger partial charge in [0.2, 0.25) is 0 Å². The molecule has 0 fully saturated rings. The number of benzene rings is 2. The molecule has 2 aromatic carbocycles. The van der Waals surface area contributed by atoms with Crippen molar-refractivity contribution in [2.24, 2.45) is 0 Å². The Labute approximate surface area is 139 Å². The fourth-order valence-electron chi connectivity index (χ4n) is 3.24. The Kier molecular flexibility index (Phi) is 3.20. The molecule has 0 bridgehead atoms. The summed E-state index contributed by atoms with van der Waals surface area (Å²) in [6.45, 7) is 8.32. The molecule has 0 saturated carbocycles. The van der Waals surface area contributed by atoms with E-state index >= 15 is 0 Å². The van der Waals surface area contributed by atoms with Crippen LogP contribution in [0.15, 0.2) is 36.4 Å². The van der Waals surface area contributed by atoms with Gasteiger partial charge in [-0.2, -0.15) is 0 Å². The summed E-state index contributed by atoms with van der Waals surface area (Å²) in [6.07, 6.45) is 0. The van der Waals surface area contributed by atoms with E-state index in [1.165, 1.54) is 37.0 Å². The topological polar surface area (TPSA) is 25.8 Å². The van der Waals surface area contributed by atoms with Gasteiger partial charge in [-0.1, -0.05) is 35.4 Å². The van der Waals surface area contributed by atoms with Gasteiger partial charge in [0.25, 0.3) is 0 Å². The monoisotopic (exact) mass is 318 g/mol. The molecule has 0 N–H and O–H groups in total. The summed E-state index contributed by atoms with van der Waals surface area (Å²) in [5.74, 6) is 0.839. The predicted molar refractivity (Wildman–Crippen MR) is 99.3 cm³/mol. The third-order valence-corrected chi connectivity index (χ3v) is 5.42. The van der Waals surface area contributed by atoms with Crippen molar-refractivity contribution in [3.63, 3.8) is 0 Å². The van der Waals surface area contributed by atoms with E-state index in [0.717, 1.165) is 17.0 Å². The van der Waals surface area contributed by atoms with Crippen LogP contribution in [0, 0.1) is 27.7 Å². The first-order valence-electron chi connectivity index (χ1n) is 7.77. The van der Waals surface area contributed by atoms with E-state index in [4.69, 9.17) is 4.98 Å². The maximum Gasteiger partial charge on any atom is 0.126 e. The fourth-order valence-corrected chi connectivity index (χ4v) is 4.31. The largest absolute Gasteiger partial charge is 0.237 e. The van der Waals surface area contributed by atoms with Crippen LogP contribution in [0.3, 0.4) is 0 Å². The van der Waals surface area contributed by atoms with Gasteiger partial charge in [0.05, 0.1) is 15.9 Å². The maximum atomic E-state index is 4.69. The Hall–Kier alpha value is -2.26. The molecule has 4 rings (SSSR count). The van der Waals surface area contributed by atoms with E-state index in [9.17, 15) is 0 Å². The van der Waals surface area contributed by atoms with Gasteiger partial charge >= 0.3 is 0 Å². The van der Waals surface area contributed by atoms with E-state index in [0.29, 0.717) is 0 Å². The highest BCUT2D eigenvalue weighted by Gasteiger charge is 2.11. The molecule has 0 unspecified atom stereocenters. The minimum Gasteiger partial charge on any atom is -0.237 e. The van der Waals surface area contributed by atoms with Gasteiger partial charge in [-0.25, -0.2) is 9.97 Å². The summed E-state index contributed by atoms with van der Waals surface area (Å²) in [4.78, 5) is 9.19. The molecule has 0 saturated heterocycles. The van der Waals surface area contributed by atoms with E-state index in [1.807, 2.05) is 6.92 Å². The Morgan fingerprint density at radius 1 is 0.783 bits per heavy atom. The van der Waals surface area contributed by atoms with Crippen LogP contribution in [-0.4, -0.2) is 9.97 Å². The van der Waals surface area contributed by atoms with E-state index < -0.39 is 0 Å². The van der Waals surface area contributed by atoms with Crippen molar-refractivity contribution >= 4 is 31.6 Å². The molecule has 0 spiro atoms. The van der Waals surface area contributed by atoms with Crippen molar-refractivity contribution in [3.8, 4) is 11.1 Å². The molecule has 2 heterocycles. The molecular formula is C20H18N2S. The Morgan fingerprint density at radius 3 is 2.26 bits per heavy atom. The summed E-state index contributed by atoms with van der Waals surface area (Å²) in [5, 5.41) is 1.23. The van der Waals surface area contributed by atoms with Gasteiger partial charge in [0, 0.05) is 10.1 Å². The average Bonchev–Trinajstić information content (AvgIpc) is 2.84. The van der Waals surface area contributed by atoms with Crippen LogP contribution in [0.1, 0.15) is 22.6 Å². The maximum absolute atomic E-state index is 4.69. The van der Waals surface area contributed by atoms with Gasteiger partial charge in [0.1, 0.15) is 5.82 Å². The van der Waals surface area contributed by atoms with Crippen LogP contribution in [0.2, 0.25) is 0 Å². The average molecular weight is 318 g/mol. The highest BCUT2D eigenvalue weighted by Crippen LogP contribution is 2.36. The van der Waals surface area contributed by atoms with Crippen LogP contribution in [-0.2, 0) is 0 Å². The van der Waals surface area contributed by atoms with Gasteiger partial charge in [-0.15, -0.1) is 11.3 Å². The van der Waals surface area contributed by atoms with Crippen molar-refractivity contribution in [2.45, 2.75) is 27.7 Å². The van der Waals surface area contributed by atoms with Crippen LogP contribution in [0.4, 0.5) is 0 Å². The van der Waals surface area contributed by atoms with Crippen molar-refractivity contribution in [1.82, 2.24) is 9.97 Å². The Balaban J connectivity index is 2.01. The first kappa shape index (κ1) is 14.3. The number of rotatable bonds is 1. The van der Waals surface area contributed by atoms with Crippen LogP contribution < -0.4 is 0 Å². The summed E-state index contributed by atoms with van der Waals surface area (Å²) < 4.78 is 2.47. The molecular weight excluding hydrogens is 300 g/mol. The molecule has 0 aliphatic carbocycles. The molecule has 4 aromatic rings. The molecule has 0 radical (unpaired) electrons. The highest BCUT2D eigenvalue weighted by atomic mass is 32.1. The van der Waals surface area contributed by atoms with Crippen LogP contribution in [0.25, 0.3) is 31.4 Å². The molecule has 0 aliphatic rings. The number of hydrogen-bond acceptors (Lipinski definition) is 3. The number of hydrogen-bond donors (Lipinski definition) is 0. The van der Waals surface area contributed by atoms with Crippen LogP contribution in [0.5, 0.6) is 0 Å². The normalized spacial score (nSPS) is 11.5. The minimum absolute atomic E-state index is 0.839. The molecule has 0 amide bonds. The minimum atomic E-state index is 0.839. The summed E-state index contributed by atoms with van der Waals surface area (Å²) in [6, 6.07) is 13.4. The lowest BCUT2D eigenvalue weighted by Crippen LogP contribution is -1.90. The lowest BCUT2D eigenvalue weighted by molar-refractivity contribution is 1.06. The zero-order chi connectivity index (χ0) is 16.1. The van der Waals surface area contributed by atoms with Gasteiger partial charge in [0.15, 0.2) is 0 Å². The highest BCUT2D eigenvalue weighted by molar-refractivity contribution is 7.25. The third-order valence-electron chi connectivity index (χ3n) is 4.15. The number of aromatic nitrogens is 2. The first-order chi connectivity index (χ1) is 11.0. The lowest BCUT2D eigenvalue weighted by atomic mass is 10.00. The summed E-state index contributed by atoms with van der Waals surface area (Å²) in [7, 11) is 0. The summed E-state index contributed by atoms with van der Waals surface area (Å²) >= 11 is 1.78. The number of thiophene rings is 1. The van der Waals surface area contributed by atoms with E-state index in [1.54, 1.807) is 11.3 Å². The summed E-state index contributed by atoms with van der Waals surface area (Å²) in [5.41, 5.74) is 7.26.